The molecule has 2 rings (SSSR count). The van der Waals surface area contributed by atoms with Crippen LogP contribution in [0.15, 0.2) is 29.3 Å². The van der Waals surface area contributed by atoms with E-state index >= 15 is 0 Å². The molecule has 0 radical (unpaired) electrons. The largest absolute Gasteiger partial charge is 0.384 e. The molecule has 0 aliphatic rings. The van der Waals surface area contributed by atoms with E-state index < -0.39 is 0 Å². The summed E-state index contributed by atoms with van der Waals surface area (Å²) < 4.78 is 0. The predicted octanol–water partition coefficient (Wildman–Crippen LogP) is 2.69. The fraction of sp³-hybridized carbons (Fsp3) is 0.182. The Bertz CT molecular complexity index is 476. The fourth-order valence-corrected chi connectivity index (χ4v) is 2.23. The van der Waals surface area contributed by atoms with Gasteiger partial charge >= 0.3 is 0 Å². The van der Waals surface area contributed by atoms with E-state index in [4.69, 9.17) is 5.73 Å². The van der Waals surface area contributed by atoms with Crippen LogP contribution in [0.3, 0.4) is 0 Å². The Labute approximate surface area is 93.1 Å². The molecule has 0 amide bonds. The molecule has 0 saturated heterocycles. The van der Waals surface area contributed by atoms with Gasteiger partial charge in [-0.2, -0.15) is 5.10 Å². The number of aromatic nitrogens is 2. The van der Waals surface area contributed by atoms with Crippen molar-refractivity contribution >= 4 is 17.6 Å². The molecule has 15 heavy (non-hydrogen) atoms. The number of nitrogens with one attached hydrogen (secondary N) is 1. The minimum atomic E-state index is 0.620. The number of H-pyrrole nitrogens is 1. The van der Waals surface area contributed by atoms with Crippen LogP contribution >= 0.6 is 11.8 Å². The number of hydrogen-bond acceptors (Lipinski definition) is 3. The van der Waals surface area contributed by atoms with Crippen molar-refractivity contribution < 1.29 is 0 Å². The van der Waals surface area contributed by atoms with Gasteiger partial charge in [0.05, 0.1) is 6.20 Å². The number of nitrogens with zero attached hydrogens (tertiary/aromatic N) is 1. The minimum Gasteiger partial charge on any atom is -0.384 e. The molecule has 2 aromatic rings. The lowest BCUT2D eigenvalue weighted by molar-refractivity contribution is 1.10. The average molecular weight is 219 g/mol. The molecule has 78 valence electrons. The molecule has 0 aliphatic carbocycles. The van der Waals surface area contributed by atoms with Crippen molar-refractivity contribution in [2.45, 2.75) is 11.8 Å². The lowest BCUT2D eigenvalue weighted by Crippen LogP contribution is -1.89. The van der Waals surface area contributed by atoms with Crippen LogP contribution in [0.25, 0.3) is 11.1 Å². The Balaban J connectivity index is 2.58. The summed E-state index contributed by atoms with van der Waals surface area (Å²) in [5.41, 5.74) is 9.17. The van der Waals surface area contributed by atoms with E-state index in [1.54, 1.807) is 18.0 Å². The highest BCUT2D eigenvalue weighted by atomic mass is 32.2. The highest BCUT2D eigenvalue weighted by molar-refractivity contribution is 7.98. The average Bonchev–Trinajstić information content (AvgIpc) is 2.64. The quantitative estimate of drug-likeness (QED) is 0.763. The molecular weight excluding hydrogens is 206 g/mol. The number of thioether (sulfide) groups is 1. The molecule has 3 nitrogen and oxygen atoms in total. The molecule has 0 unspecified atom stereocenters. The maximum atomic E-state index is 5.81. The van der Waals surface area contributed by atoms with Gasteiger partial charge in [0, 0.05) is 16.0 Å². The molecule has 1 heterocycles. The summed E-state index contributed by atoms with van der Waals surface area (Å²) in [6.07, 6.45) is 3.83. The van der Waals surface area contributed by atoms with E-state index in [1.807, 2.05) is 0 Å². The molecule has 0 saturated carbocycles. The first-order valence-electron chi connectivity index (χ1n) is 4.66. The number of rotatable bonds is 2. The van der Waals surface area contributed by atoms with Crippen molar-refractivity contribution in [3.05, 3.63) is 30.0 Å². The summed E-state index contributed by atoms with van der Waals surface area (Å²) in [7, 11) is 0. The van der Waals surface area contributed by atoms with E-state index in [1.165, 1.54) is 10.5 Å². The molecule has 1 aromatic carbocycles. The second-order valence-corrected chi connectivity index (χ2v) is 4.25. The first-order valence-corrected chi connectivity index (χ1v) is 5.88. The molecule has 0 atom stereocenters. The molecule has 3 N–H and O–H groups in total. The number of aryl methyl sites for hydroxylation is 1. The van der Waals surface area contributed by atoms with Gasteiger partial charge in [-0.15, -0.1) is 11.8 Å². The lowest BCUT2D eigenvalue weighted by Gasteiger charge is -2.07. The maximum Gasteiger partial charge on any atom is 0.126 e. The molecule has 4 heteroatoms. The first-order chi connectivity index (χ1) is 7.22. The fourth-order valence-electron chi connectivity index (χ4n) is 1.53. The van der Waals surface area contributed by atoms with Gasteiger partial charge < -0.3 is 5.73 Å². The summed E-state index contributed by atoms with van der Waals surface area (Å²) in [6.45, 7) is 2.09. The Morgan fingerprint density at radius 1 is 1.33 bits per heavy atom. The van der Waals surface area contributed by atoms with Crippen molar-refractivity contribution in [2.75, 3.05) is 12.0 Å². The van der Waals surface area contributed by atoms with Crippen molar-refractivity contribution in [1.82, 2.24) is 10.2 Å². The number of benzene rings is 1. The van der Waals surface area contributed by atoms with Crippen molar-refractivity contribution in [3.63, 3.8) is 0 Å². The smallest absolute Gasteiger partial charge is 0.126 e. The van der Waals surface area contributed by atoms with E-state index in [0.717, 1.165) is 11.1 Å². The number of hydrogen-bond donors (Lipinski definition) is 2. The van der Waals surface area contributed by atoms with Gasteiger partial charge in [-0.1, -0.05) is 12.1 Å². The molecule has 1 aromatic heterocycles. The van der Waals surface area contributed by atoms with Crippen LogP contribution in [0.1, 0.15) is 5.56 Å². The zero-order chi connectivity index (χ0) is 10.8. The number of aromatic amines is 1. The van der Waals surface area contributed by atoms with Crippen LogP contribution < -0.4 is 5.73 Å². The maximum absolute atomic E-state index is 5.81. The zero-order valence-corrected chi connectivity index (χ0v) is 9.56. The molecular formula is C11H13N3S. The van der Waals surface area contributed by atoms with Gasteiger partial charge in [0.1, 0.15) is 5.82 Å². The predicted molar refractivity (Wildman–Crippen MR) is 65.0 cm³/mol. The van der Waals surface area contributed by atoms with Gasteiger partial charge in [-0.05, 0) is 24.8 Å². The summed E-state index contributed by atoms with van der Waals surface area (Å²) in [6, 6.07) is 6.33. The van der Waals surface area contributed by atoms with Gasteiger partial charge in [0.25, 0.3) is 0 Å². The Hall–Kier alpha value is -1.42. The molecule has 0 fully saturated rings. The van der Waals surface area contributed by atoms with Gasteiger partial charge in [0.2, 0.25) is 0 Å². The third-order valence-electron chi connectivity index (χ3n) is 2.32. The Kier molecular flexibility index (Phi) is 2.68. The minimum absolute atomic E-state index is 0.620. The summed E-state index contributed by atoms with van der Waals surface area (Å²) in [5, 5.41) is 6.69. The van der Waals surface area contributed by atoms with E-state index in [0.29, 0.717) is 5.82 Å². The third kappa shape index (κ3) is 1.85. The van der Waals surface area contributed by atoms with E-state index in [9.17, 15) is 0 Å². The first kappa shape index (κ1) is 10.1. The van der Waals surface area contributed by atoms with Crippen LogP contribution in [0.5, 0.6) is 0 Å². The number of nitrogens with two attached hydrogens (primary N) is 1. The molecule has 0 aliphatic heterocycles. The van der Waals surface area contributed by atoms with Crippen LogP contribution in [0, 0.1) is 6.92 Å². The monoisotopic (exact) mass is 219 g/mol. The van der Waals surface area contributed by atoms with E-state index in [-0.39, 0.29) is 0 Å². The van der Waals surface area contributed by atoms with Gasteiger partial charge in [-0.25, -0.2) is 0 Å². The van der Waals surface area contributed by atoms with Gasteiger partial charge in [-0.3, -0.25) is 5.10 Å². The Morgan fingerprint density at radius 2 is 2.13 bits per heavy atom. The van der Waals surface area contributed by atoms with Crippen LogP contribution in [-0.2, 0) is 0 Å². The topological polar surface area (TPSA) is 54.7 Å². The van der Waals surface area contributed by atoms with Gasteiger partial charge in [0.15, 0.2) is 0 Å². The summed E-state index contributed by atoms with van der Waals surface area (Å²) in [5.74, 6) is 0.620. The standard InChI is InChI=1S/C11H13N3S/c1-7-3-4-8(10(5-7)15-2)9-6-13-14-11(9)12/h3-6H,1-2H3,(H3,12,13,14). The van der Waals surface area contributed by atoms with Crippen LogP contribution in [0.2, 0.25) is 0 Å². The third-order valence-corrected chi connectivity index (χ3v) is 3.09. The van der Waals surface area contributed by atoms with Crippen molar-refractivity contribution in [3.8, 4) is 11.1 Å². The normalized spacial score (nSPS) is 10.5. The number of anilines is 1. The SMILES string of the molecule is CSc1cc(C)ccc1-c1cn[nH]c1N. The Morgan fingerprint density at radius 3 is 2.73 bits per heavy atom. The molecule has 0 bridgehead atoms. The van der Waals surface area contributed by atoms with Crippen molar-refractivity contribution in [1.29, 1.82) is 0 Å². The van der Waals surface area contributed by atoms with Crippen molar-refractivity contribution in [2.24, 2.45) is 0 Å². The highest BCUT2D eigenvalue weighted by Crippen LogP contribution is 2.33. The van der Waals surface area contributed by atoms with Crippen LogP contribution in [0.4, 0.5) is 5.82 Å². The highest BCUT2D eigenvalue weighted by Gasteiger charge is 2.09. The second kappa shape index (κ2) is 3.98. The molecule has 0 spiro atoms. The van der Waals surface area contributed by atoms with E-state index in [2.05, 4.69) is 41.6 Å². The zero-order valence-electron chi connectivity index (χ0n) is 8.74. The summed E-state index contributed by atoms with van der Waals surface area (Å²) in [4.78, 5) is 1.23. The van der Waals surface area contributed by atoms with Crippen LogP contribution in [-0.4, -0.2) is 16.5 Å². The lowest BCUT2D eigenvalue weighted by atomic mass is 10.1. The second-order valence-electron chi connectivity index (χ2n) is 3.40. The summed E-state index contributed by atoms with van der Waals surface area (Å²) >= 11 is 1.72. The number of nitrogen functional groups attached to an aromatic ring is 1.